The van der Waals surface area contributed by atoms with E-state index in [9.17, 15) is 19.2 Å². The lowest BCUT2D eigenvalue weighted by Gasteiger charge is -2.47. The van der Waals surface area contributed by atoms with Gasteiger partial charge >= 0.3 is 5.97 Å². The molecule has 3 amide bonds. The van der Waals surface area contributed by atoms with Gasteiger partial charge in [-0.2, -0.15) is 0 Å². The van der Waals surface area contributed by atoms with E-state index >= 15 is 0 Å². The average Bonchev–Trinajstić information content (AvgIpc) is 2.94. The number of esters is 1. The number of nitrogens with zero attached hydrogens (tertiary/aromatic N) is 1. The largest absolute Gasteiger partial charge is 0.462 e. The fourth-order valence-corrected chi connectivity index (χ4v) is 4.84. The number of benzene rings is 1. The molecule has 7 heteroatoms. The molecular formula is C25H34N2O5. The van der Waals surface area contributed by atoms with Gasteiger partial charge in [0.1, 0.15) is 0 Å². The highest BCUT2D eigenvalue weighted by Gasteiger charge is 2.64. The molecule has 2 aliphatic rings. The van der Waals surface area contributed by atoms with Crippen LogP contribution in [-0.2, 0) is 19.1 Å². The maximum Gasteiger partial charge on any atom is 0.338 e. The Balaban J connectivity index is 1.52. The SMILES string of the molecule is CCCCCOC(=O)c1ccc(NC(=O)CCN2C(=O)C3CCC(C)(C2=O)C3(C)C)cc1. The van der Waals surface area contributed by atoms with Gasteiger partial charge in [0.2, 0.25) is 17.7 Å². The van der Waals surface area contributed by atoms with E-state index in [1.54, 1.807) is 24.3 Å². The predicted molar refractivity (Wildman–Crippen MR) is 121 cm³/mol. The Morgan fingerprint density at radius 3 is 2.47 bits per heavy atom. The highest BCUT2D eigenvalue weighted by atomic mass is 16.5. The number of ether oxygens (including phenoxy) is 1. The Kier molecular flexibility index (Phi) is 7.06. The topological polar surface area (TPSA) is 92.8 Å². The van der Waals surface area contributed by atoms with Crippen LogP contribution < -0.4 is 5.32 Å². The summed E-state index contributed by atoms with van der Waals surface area (Å²) in [7, 11) is 0. The van der Waals surface area contributed by atoms with E-state index < -0.39 is 5.41 Å². The minimum absolute atomic E-state index is 0.0297. The zero-order chi connectivity index (χ0) is 23.5. The standard InChI is InChI=1S/C25H34N2O5/c1-5-6-7-16-32-22(30)17-8-10-18(11-9-17)26-20(28)13-15-27-21(29)19-12-14-25(4,23(27)31)24(19,2)3/h8-11,19H,5-7,12-16H2,1-4H3,(H,26,28). The summed E-state index contributed by atoms with van der Waals surface area (Å²) < 4.78 is 5.23. The molecule has 1 heterocycles. The van der Waals surface area contributed by atoms with E-state index in [0.29, 0.717) is 30.7 Å². The fraction of sp³-hybridized carbons (Fsp3) is 0.600. The Morgan fingerprint density at radius 2 is 1.81 bits per heavy atom. The average molecular weight is 443 g/mol. The number of hydrogen-bond acceptors (Lipinski definition) is 5. The Morgan fingerprint density at radius 1 is 1.12 bits per heavy atom. The van der Waals surface area contributed by atoms with Crippen LogP contribution in [0.2, 0.25) is 0 Å². The molecule has 0 aromatic heterocycles. The van der Waals surface area contributed by atoms with E-state index in [2.05, 4.69) is 12.2 Å². The Bertz CT molecular complexity index is 892. The molecule has 1 aromatic carbocycles. The summed E-state index contributed by atoms with van der Waals surface area (Å²) in [5, 5.41) is 2.76. The number of carbonyl (C=O) groups excluding carboxylic acids is 4. The van der Waals surface area contributed by atoms with Gasteiger partial charge in [0, 0.05) is 24.6 Å². The number of anilines is 1. The lowest BCUT2D eigenvalue weighted by Crippen LogP contribution is -2.59. The van der Waals surface area contributed by atoms with Crippen LogP contribution in [0.4, 0.5) is 5.69 Å². The summed E-state index contributed by atoms with van der Waals surface area (Å²) in [4.78, 5) is 51.6. The molecule has 1 saturated carbocycles. The van der Waals surface area contributed by atoms with Crippen LogP contribution in [0.1, 0.15) is 76.6 Å². The minimum Gasteiger partial charge on any atom is -0.462 e. The molecule has 174 valence electrons. The molecule has 1 saturated heterocycles. The van der Waals surface area contributed by atoms with Gasteiger partial charge in [-0.15, -0.1) is 0 Å². The smallest absolute Gasteiger partial charge is 0.338 e. The van der Waals surface area contributed by atoms with Crippen molar-refractivity contribution in [1.29, 1.82) is 0 Å². The van der Waals surface area contributed by atoms with E-state index in [4.69, 9.17) is 4.74 Å². The lowest BCUT2D eigenvalue weighted by atomic mass is 9.62. The van der Waals surface area contributed by atoms with Crippen molar-refractivity contribution in [2.75, 3.05) is 18.5 Å². The van der Waals surface area contributed by atoms with Crippen molar-refractivity contribution in [3.8, 4) is 0 Å². The van der Waals surface area contributed by atoms with Crippen molar-refractivity contribution in [3.63, 3.8) is 0 Å². The lowest BCUT2D eigenvalue weighted by molar-refractivity contribution is -0.167. The van der Waals surface area contributed by atoms with E-state index in [1.807, 2.05) is 20.8 Å². The maximum atomic E-state index is 13.0. The molecule has 2 fully saturated rings. The normalized spacial score (nSPS) is 23.9. The Labute approximate surface area is 189 Å². The molecule has 1 aromatic rings. The summed E-state index contributed by atoms with van der Waals surface area (Å²) in [6.45, 7) is 8.49. The van der Waals surface area contributed by atoms with E-state index in [0.717, 1.165) is 19.3 Å². The second kappa shape index (κ2) is 9.43. The Hall–Kier alpha value is -2.70. The van der Waals surface area contributed by atoms with Crippen LogP contribution >= 0.6 is 0 Å². The number of imide groups is 1. The van der Waals surface area contributed by atoms with Crippen LogP contribution in [0.5, 0.6) is 0 Å². The summed E-state index contributed by atoms with van der Waals surface area (Å²) in [5.74, 6) is -1.18. The van der Waals surface area contributed by atoms with Crippen LogP contribution in [0.25, 0.3) is 0 Å². The van der Waals surface area contributed by atoms with Crippen molar-refractivity contribution in [2.24, 2.45) is 16.7 Å². The van der Waals surface area contributed by atoms with Gasteiger partial charge in [0.05, 0.1) is 17.6 Å². The molecule has 1 aliphatic heterocycles. The third-order valence-corrected chi connectivity index (χ3v) is 7.46. The number of likely N-dealkylation sites (tertiary alicyclic amines) is 1. The van der Waals surface area contributed by atoms with Gasteiger partial charge in [0.25, 0.3) is 0 Å². The molecular weight excluding hydrogens is 408 g/mol. The van der Waals surface area contributed by atoms with Crippen molar-refractivity contribution in [3.05, 3.63) is 29.8 Å². The minimum atomic E-state index is -0.566. The molecule has 1 aliphatic carbocycles. The zero-order valence-corrected chi connectivity index (χ0v) is 19.5. The van der Waals surface area contributed by atoms with Crippen molar-refractivity contribution in [2.45, 2.75) is 66.2 Å². The summed E-state index contributed by atoms with van der Waals surface area (Å²) in [5.41, 5.74) is 0.0410. The first-order valence-corrected chi connectivity index (χ1v) is 11.5. The number of piperidine rings is 1. The van der Waals surface area contributed by atoms with Gasteiger partial charge in [-0.25, -0.2) is 4.79 Å². The number of unbranched alkanes of at least 4 members (excludes halogenated alkanes) is 2. The third kappa shape index (κ3) is 4.43. The molecule has 2 unspecified atom stereocenters. The molecule has 2 atom stereocenters. The van der Waals surface area contributed by atoms with Gasteiger partial charge in [-0.1, -0.05) is 40.5 Å². The number of amides is 3. The van der Waals surface area contributed by atoms with Crippen molar-refractivity contribution in [1.82, 2.24) is 4.90 Å². The number of nitrogens with one attached hydrogen (secondary N) is 1. The monoisotopic (exact) mass is 442 g/mol. The zero-order valence-electron chi connectivity index (χ0n) is 19.5. The molecule has 0 spiro atoms. The second-order valence-electron chi connectivity index (χ2n) is 9.66. The fourth-order valence-electron chi connectivity index (χ4n) is 4.84. The van der Waals surface area contributed by atoms with Crippen LogP contribution in [0, 0.1) is 16.7 Å². The van der Waals surface area contributed by atoms with Crippen molar-refractivity contribution < 1.29 is 23.9 Å². The molecule has 32 heavy (non-hydrogen) atoms. The van der Waals surface area contributed by atoms with Crippen LogP contribution in [0.3, 0.4) is 0 Å². The summed E-state index contributed by atoms with van der Waals surface area (Å²) >= 11 is 0. The first-order chi connectivity index (χ1) is 15.1. The van der Waals surface area contributed by atoms with Gasteiger partial charge in [-0.3, -0.25) is 19.3 Å². The third-order valence-electron chi connectivity index (χ3n) is 7.46. The first-order valence-electron chi connectivity index (χ1n) is 11.5. The van der Waals surface area contributed by atoms with E-state index in [-0.39, 0.29) is 48.0 Å². The summed E-state index contributed by atoms with van der Waals surface area (Å²) in [6, 6.07) is 6.50. The summed E-state index contributed by atoms with van der Waals surface area (Å²) in [6.07, 6.45) is 4.36. The van der Waals surface area contributed by atoms with Gasteiger partial charge in [-0.05, 0) is 48.9 Å². The van der Waals surface area contributed by atoms with E-state index in [1.165, 1.54) is 4.90 Å². The molecule has 7 nitrogen and oxygen atoms in total. The number of carbonyl (C=O) groups is 4. The first kappa shape index (κ1) is 24.0. The highest BCUT2D eigenvalue weighted by Crippen LogP contribution is 2.60. The number of rotatable bonds is 9. The van der Waals surface area contributed by atoms with Gasteiger partial charge in [0.15, 0.2) is 0 Å². The quantitative estimate of drug-likeness (QED) is 0.352. The van der Waals surface area contributed by atoms with Crippen LogP contribution in [0.15, 0.2) is 24.3 Å². The highest BCUT2D eigenvalue weighted by molar-refractivity contribution is 6.04. The second-order valence-corrected chi connectivity index (χ2v) is 9.66. The molecule has 1 N–H and O–H groups in total. The molecule has 3 rings (SSSR count). The van der Waals surface area contributed by atoms with Gasteiger partial charge < -0.3 is 10.1 Å². The van der Waals surface area contributed by atoms with Crippen molar-refractivity contribution >= 4 is 29.4 Å². The van der Waals surface area contributed by atoms with Crippen LogP contribution in [-0.4, -0.2) is 41.7 Å². The maximum absolute atomic E-state index is 13.0. The number of hydrogen-bond donors (Lipinski definition) is 1. The molecule has 2 bridgehead atoms. The predicted octanol–water partition coefficient (Wildman–Crippen LogP) is 4.17. The number of fused-ring (bicyclic) bond motifs is 2. The molecule has 0 radical (unpaired) electrons.